The molecule has 2 rings (SSSR count). The number of carbonyl (C=O) groups is 1. The van der Waals surface area contributed by atoms with Crippen LogP contribution < -0.4 is 0 Å². The summed E-state index contributed by atoms with van der Waals surface area (Å²) in [4.78, 5) is 10.9. The van der Waals surface area contributed by atoms with Crippen molar-refractivity contribution in [3.05, 3.63) is 23.8 Å². The monoisotopic (exact) mass is 331 g/mol. The van der Waals surface area contributed by atoms with E-state index in [2.05, 4.69) is 0 Å². The number of aromatic carboxylic acids is 1. The fourth-order valence-electron chi connectivity index (χ4n) is 2.32. The largest absolute Gasteiger partial charge is 0.507 e. The van der Waals surface area contributed by atoms with E-state index >= 15 is 0 Å². The molecule has 2 atom stereocenters. The van der Waals surface area contributed by atoms with Crippen LogP contribution in [0.3, 0.4) is 0 Å². The molecule has 0 bridgehead atoms. The smallest absolute Gasteiger partial charge is 0.339 e. The first-order valence-electron chi connectivity index (χ1n) is 6.43. The number of carboxylic acids is 1. The van der Waals surface area contributed by atoms with Crippen LogP contribution in [0.4, 0.5) is 0 Å². The molecule has 2 N–H and O–H groups in total. The van der Waals surface area contributed by atoms with Crippen LogP contribution in [0.1, 0.15) is 24.2 Å². The third-order valence-corrected chi connectivity index (χ3v) is 6.28. The highest BCUT2D eigenvalue weighted by molar-refractivity contribution is 8.00. The van der Waals surface area contributed by atoms with Crippen molar-refractivity contribution in [3.63, 3.8) is 0 Å². The molecule has 1 fully saturated rings. The van der Waals surface area contributed by atoms with Gasteiger partial charge in [0.05, 0.1) is 4.90 Å². The van der Waals surface area contributed by atoms with Gasteiger partial charge in [0.1, 0.15) is 11.3 Å². The van der Waals surface area contributed by atoms with E-state index < -0.39 is 27.3 Å². The lowest BCUT2D eigenvalue weighted by atomic mass is 10.2. The number of rotatable bonds is 3. The van der Waals surface area contributed by atoms with Gasteiger partial charge in [0.15, 0.2) is 0 Å². The van der Waals surface area contributed by atoms with Gasteiger partial charge in [-0.2, -0.15) is 16.1 Å². The van der Waals surface area contributed by atoms with Crippen molar-refractivity contribution < 1.29 is 23.4 Å². The quantitative estimate of drug-likeness (QED) is 0.874. The molecule has 0 amide bonds. The van der Waals surface area contributed by atoms with Crippen LogP contribution in [0.25, 0.3) is 0 Å². The minimum absolute atomic E-state index is 0.107. The number of hydrogen-bond donors (Lipinski definition) is 2. The highest BCUT2D eigenvalue weighted by atomic mass is 32.2. The fourth-order valence-corrected chi connectivity index (χ4v) is 5.48. The van der Waals surface area contributed by atoms with E-state index in [9.17, 15) is 18.3 Å². The zero-order valence-electron chi connectivity index (χ0n) is 11.7. The van der Waals surface area contributed by atoms with Crippen molar-refractivity contribution in [2.75, 3.05) is 13.1 Å². The van der Waals surface area contributed by atoms with Crippen molar-refractivity contribution >= 4 is 27.8 Å². The van der Waals surface area contributed by atoms with Crippen molar-refractivity contribution in [1.29, 1.82) is 0 Å². The van der Waals surface area contributed by atoms with Gasteiger partial charge in [-0.25, -0.2) is 13.2 Å². The second-order valence-corrected chi connectivity index (χ2v) is 8.88. The summed E-state index contributed by atoms with van der Waals surface area (Å²) in [6, 6.07) is 3.33. The molecular formula is C13H17NO5S2. The van der Waals surface area contributed by atoms with Crippen LogP contribution >= 0.6 is 11.8 Å². The predicted octanol–water partition coefficient (Wildman–Crippen LogP) is 1.60. The van der Waals surface area contributed by atoms with Crippen LogP contribution in [-0.4, -0.2) is 52.5 Å². The summed E-state index contributed by atoms with van der Waals surface area (Å²) in [5.41, 5.74) is -0.413. The number of nitrogens with zero attached hydrogens (tertiary/aromatic N) is 1. The maximum Gasteiger partial charge on any atom is 0.339 e. The maximum absolute atomic E-state index is 12.6. The lowest BCUT2D eigenvalue weighted by Crippen LogP contribution is -2.43. The molecule has 116 valence electrons. The second kappa shape index (κ2) is 5.86. The molecule has 2 unspecified atom stereocenters. The Morgan fingerprint density at radius 2 is 1.86 bits per heavy atom. The van der Waals surface area contributed by atoms with E-state index in [1.165, 1.54) is 10.4 Å². The molecule has 1 aromatic carbocycles. The average Bonchev–Trinajstić information content (AvgIpc) is 2.37. The Balaban J connectivity index is 2.40. The van der Waals surface area contributed by atoms with Gasteiger partial charge in [-0.15, -0.1) is 0 Å². The molecule has 8 heteroatoms. The number of aromatic hydroxyl groups is 1. The van der Waals surface area contributed by atoms with Gasteiger partial charge in [0.2, 0.25) is 10.0 Å². The Morgan fingerprint density at radius 3 is 2.38 bits per heavy atom. The number of carboxylic acid groups (broad SMARTS) is 1. The molecular weight excluding hydrogens is 314 g/mol. The van der Waals surface area contributed by atoms with Crippen molar-refractivity contribution in [2.24, 2.45) is 0 Å². The summed E-state index contributed by atoms with van der Waals surface area (Å²) < 4.78 is 26.6. The lowest BCUT2D eigenvalue weighted by Gasteiger charge is -2.33. The predicted molar refractivity (Wildman–Crippen MR) is 80.3 cm³/mol. The summed E-state index contributed by atoms with van der Waals surface area (Å²) in [5, 5.41) is 18.8. The first-order valence-corrected chi connectivity index (χ1v) is 8.82. The first kappa shape index (κ1) is 16.1. The van der Waals surface area contributed by atoms with E-state index in [0.29, 0.717) is 13.1 Å². The van der Waals surface area contributed by atoms with Gasteiger partial charge in [-0.1, -0.05) is 13.8 Å². The molecule has 1 aliphatic heterocycles. The summed E-state index contributed by atoms with van der Waals surface area (Å²) in [7, 11) is -3.76. The third-order valence-electron chi connectivity index (χ3n) is 3.22. The van der Waals surface area contributed by atoms with Crippen LogP contribution in [0, 0.1) is 0 Å². The van der Waals surface area contributed by atoms with E-state index in [1.54, 1.807) is 11.8 Å². The van der Waals surface area contributed by atoms with Crippen LogP contribution in [-0.2, 0) is 10.0 Å². The minimum atomic E-state index is -3.76. The summed E-state index contributed by atoms with van der Waals surface area (Å²) in [5.74, 6) is -1.81. The molecule has 1 saturated heterocycles. The fraction of sp³-hybridized carbons (Fsp3) is 0.462. The van der Waals surface area contributed by atoms with Crippen LogP contribution in [0.5, 0.6) is 5.75 Å². The maximum atomic E-state index is 12.6. The average molecular weight is 331 g/mol. The molecule has 0 saturated carbocycles. The summed E-state index contributed by atoms with van der Waals surface area (Å²) in [6.45, 7) is 4.70. The Labute approximate surface area is 127 Å². The van der Waals surface area contributed by atoms with Crippen LogP contribution in [0.2, 0.25) is 0 Å². The number of benzene rings is 1. The number of thioether (sulfide) groups is 1. The van der Waals surface area contributed by atoms with E-state index in [0.717, 1.165) is 12.1 Å². The molecule has 0 radical (unpaired) electrons. The van der Waals surface area contributed by atoms with Gasteiger partial charge in [-0.3, -0.25) is 0 Å². The summed E-state index contributed by atoms with van der Waals surface area (Å²) >= 11 is 1.73. The van der Waals surface area contributed by atoms with Gasteiger partial charge in [-0.05, 0) is 18.2 Å². The van der Waals surface area contributed by atoms with Crippen molar-refractivity contribution in [3.8, 4) is 5.75 Å². The van der Waals surface area contributed by atoms with E-state index in [1.807, 2.05) is 13.8 Å². The lowest BCUT2D eigenvalue weighted by molar-refractivity contribution is 0.0693. The number of phenols is 1. The van der Waals surface area contributed by atoms with Gasteiger partial charge in [0, 0.05) is 23.6 Å². The Bertz CT molecular complexity index is 649. The third kappa shape index (κ3) is 3.33. The molecule has 1 aromatic rings. The highest BCUT2D eigenvalue weighted by Gasteiger charge is 2.32. The summed E-state index contributed by atoms with van der Waals surface area (Å²) in [6.07, 6.45) is 0. The molecule has 1 heterocycles. The molecule has 0 aromatic heterocycles. The van der Waals surface area contributed by atoms with Gasteiger partial charge >= 0.3 is 5.97 Å². The zero-order valence-corrected chi connectivity index (χ0v) is 13.3. The topological polar surface area (TPSA) is 94.9 Å². The van der Waals surface area contributed by atoms with E-state index in [-0.39, 0.29) is 15.4 Å². The first-order chi connectivity index (χ1) is 9.71. The molecule has 0 spiro atoms. The Morgan fingerprint density at radius 1 is 1.29 bits per heavy atom. The van der Waals surface area contributed by atoms with Crippen molar-refractivity contribution in [1.82, 2.24) is 4.31 Å². The Kier molecular flexibility index (Phi) is 4.50. The van der Waals surface area contributed by atoms with Crippen molar-refractivity contribution in [2.45, 2.75) is 29.2 Å². The van der Waals surface area contributed by atoms with Crippen LogP contribution in [0.15, 0.2) is 23.1 Å². The molecule has 21 heavy (non-hydrogen) atoms. The Hall–Kier alpha value is -1.25. The normalized spacial score (nSPS) is 23.9. The minimum Gasteiger partial charge on any atom is -0.507 e. The van der Waals surface area contributed by atoms with Gasteiger partial charge in [0.25, 0.3) is 0 Å². The second-order valence-electron chi connectivity index (χ2n) is 5.06. The number of sulfonamides is 1. The standard InChI is InChI=1S/C13H17NO5S2/c1-8-6-14(7-9(2)20-8)21(18,19)10-3-4-12(15)11(5-10)13(16)17/h3-5,8-9,15H,6-7H2,1-2H3,(H,16,17). The SMILES string of the molecule is CC1CN(S(=O)(=O)c2ccc(O)c(C(=O)O)c2)CC(C)S1. The zero-order chi connectivity index (χ0) is 15.8. The highest BCUT2D eigenvalue weighted by Crippen LogP contribution is 2.30. The molecule has 1 aliphatic rings. The molecule has 6 nitrogen and oxygen atoms in total. The molecule has 0 aliphatic carbocycles. The van der Waals surface area contributed by atoms with E-state index in [4.69, 9.17) is 5.11 Å². The number of hydrogen-bond acceptors (Lipinski definition) is 5. The van der Waals surface area contributed by atoms with Gasteiger partial charge < -0.3 is 10.2 Å².